The van der Waals surface area contributed by atoms with Gasteiger partial charge in [-0.05, 0) is 61.9 Å². The number of piperidine rings is 1. The number of likely N-dealkylation sites (tertiary alicyclic amines) is 1. The first-order valence-corrected chi connectivity index (χ1v) is 13.7. The topological polar surface area (TPSA) is 130 Å². The molecule has 2 aromatic carbocycles. The van der Waals surface area contributed by atoms with Crippen molar-refractivity contribution in [2.24, 2.45) is 0 Å². The molecule has 5 rings (SSSR count). The van der Waals surface area contributed by atoms with Crippen LogP contribution in [-0.2, 0) is 28.2 Å². The van der Waals surface area contributed by atoms with E-state index in [1.54, 1.807) is 14.2 Å². The molecule has 2 aliphatic heterocycles. The van der Waals surface area contributed by atoms with Crippen LogP contribution < -0.4 is 9.47 Å². The molecule has 0 radical (unpaired) electrons. The predicted molar refractivity (Wildman–Crippen MR) is 151 cm³/mol. The fraction of sp³-hybridized carbons (Fsp3) is 0.448. The van der Waals surface area contributed by atoms with Gasteiger partial charge in [0.1, 0.15) is 17.3 Å². The number of aliphatic carboxylic acids is 2. The number of likely N-dealkylation sites (N-methyl/N-ethyl adjacent to an activating group) is 1. The molecule has 46 heavy (non-hydrogen) atoms. The molecule has 0 saturated carbocycles. The van der Waals surface area contributed by atoms with Crippen molar-refractivity contribution in [2.75, 3.05) is 40.9 Å². The standard InChI is InChI=1S/C25H31N5O2.2C2HF3O2/c1-28-17-23-26-27-24(20-6-10-22(32-3)11-7-20)30(23)25(18-28)12-14-29(15-13-25)16-19-4-8-21(31-2)9-5-19;2*3-2(4,5)1(6)7/h4-11H,12-18H2,1-3H3;2*(H,6,7). The van der Waals surface area contributed by atoms with Crippen LogP contribution in [0.4, 0.5) is 26.3 Å². The summed E-state index contributed by atoms with van der Waals surface area (Å²) < 4.78 is 76.5. The van der Waals surface area contributed by atoms with Crippen LogP contribution >= 0.6 is 0 Å². The van der Waals surface area contributed by atoms with Crippen molar-refractivity contribution in [1.82, 2.24) is 24.6 Å². The first-order valence-electron chi connectivity index (χ1n) is 13.7. The van der Waals surface area contributed by atoms with Gasteiger partial charge in [0.2, 0.25) is 0 Å². The molecule has 1 aromatic heterocycles. The third-order valence-electron chi connectivity index (χ3n) is 7.37. The average molecular weight is 662 g/mol. The van der Waals surface area contributed by atoms with Gasteiger partial charge < -0.3 is 24.3 Å². The van der Waals surface area contributed by atoms with E-state index in [0.717, 1.165) is 74.3 Å². The van der Waals surface area contributed by atoms with Crippen LogP contribution in [0.15, 0.2) is 48.5 Å². The third-order valence-corrected chi connectivity index (χ3v) is 7.37. The Hall–Kier alpha value is -4.38. The number of benzene rings is 2. The number of rotatable bonds is 5. The second-order valence-corrected chi connectivity index (χ2v) is 10.6. The molecular formula is C29H33F6N5O6. The molecule has 3 heterocycles. The number of fused-ring (bicyclic) bond motifs is 2. The van der Waals surface area contributed by atoms with Crippen molar-refractivity contribution in [3.8, 4) is 22.9 Å². The highest BCUT2D eigenvalue weighted by molar-refractivity contribution is 5.73. The Kier molecular flexibility index (Phi) is 11.6. The van der Waals surface area contributed by atoms with E-state index in [2.05, 4.69) is 55.9 Å². The predicted octanol–water partition coefficient (Wildman–Crippen LogP) is 4.67. The number of aromatic nitrogens is 3. The highest BCUT2D eigenvalue weighted by Crippen LogP contribution is 2.39. The summed E-state index contributed by atoms with van der Waals surface area (Å²) in [5.41, 5.74) is 2.44. The van der Waals surface area contributed by atoms with Gasteiger partial charge in [-0.1, -0.05) is 12.1 Å². The second kappa shape index (κ2) is 14.8. The number of alkyl halides is 6. The minimum atomic E-state index is -5.08. The number of ether oxygens (including phenoxy) is 2. The fourth-order valence-electron chi connectivity index (χ4n) is 5.21. The number of carboxylic acid groups (broad SMARTS) is 2. The molecule has 1 spiro atoms. The van der Waals surface area contributed by atoms with E-state index >= 15 is 0 Å². The van der Waals surface area contributed by atoms with Crippen molar-refractivity contribution in [3.05, 3.63) is 59.9 Å². The minimum Gasteiger partial charge on any atom is -0.497 e. The van der Waals surface area contributed by atoms with E-state index in [9.17, 15) is 26.3 Å². The molecule has 1 fully saturated rings. The Labute approximate surface area is 259 Å². The van der Waals surface area contributed by atoms with Crippen molar-refractivity contribution in [2.45, 2.75) is 43.8 Å². The van der Waals surface area contributed by atoms with Crippen molar-refractivity contribution in [1.29, 1.82) is 0 Å². The summed E-state index contributed by atoms with van der Waals surface area (Å²) in [5, 5.41) is 23.5. The summed E-state index contributed by atoms with van der Waals surface area (Å²) in [5.74, 6) is -1.72. The largest absolute Gasteiger partial charge is 0.497 e. The molecule has 1 saturated heterocycles. The normalized spacial score (nSPS) is 16.3. The van der Waals surface area contributed by atoms with Crippen LogP contribution in [0.25, 0.3) is 11.4 Å². The Morgan fingerprint density at radius 2 is 1.28 bits per heavy atom. The second-order valence-electron chi connectivity index (χ2n) is 10.6. The lowest BCUT2D eigenvalue weighted by molar-refractivity contribution is -0.193. The lowest BCUT2D eigenvalue weighted by atomic mass is 9.84. The zero-order valence-corrected chi connectivity index (χ0v) is 25.1. The highest BCUT2D eigenvalue weighted by atomic mass is 19.4. The molecule has 3 aromatic rings. The van der Waals surface area contributed by atoms with E-state index in [1.165, 1.54) is 5.56 Å². The number of nitrogens with zero attached hydrogens (tertiary/aromatic N) is 5. The molecule has 2 aliphatic rings. The van der Waals surface area contributed by atoms with Crippen LogP contribution in [0.5, 0.6) is 11.5 Å². The van der Waals surface area contributed by atoms with E-state index in [0.29, 0.717) is 0 Å². The summed E-state index contributed by atoms with van der Waals surface area (Å²) >= 11 is 0. The van der Waals surface area contributed by atoms with Gasteiger partial charge in [-0.15, -0.1) is 10.2 Å². The molecule has 0 aliphatic carbocycles. The van der Waals surface area contributed by atoms with Crippen molar-refractivity contribution < 1.29 is 55.6 Å². The van der Waals surface area contributed by atoms with Gasteiger partial charge in [0.25, 0.3) is 0 Å². The zero-order valence-electron chi connectivity index (χ0n) is 25.1. The summed E-state index contributed by atoms with van der Waals surface area (Å²) in [4.78, 5) is 22.7. The molecule has 11 nitrogen and oxygen atoms in total. The Balaban J connectivity index is 0.000000345. The van der Waals surface area contributed by atoms with Crippen LogP contribution in [0.1, 0.15) is 24.2 Å². The smallest absolute Gasteiger partial charge is 0.490 e. The van der Waals surface area contributed by atoms with Gasteiger partial charge in [-0.3, -0.25) is 9.80 Å². The Bertz CT molecular complexity index is 1430. The van der Waals surface area contributed by atoms with E-state index in [1.807, 2.05) is 24.3 Å². The van der Waals surface area contributed by atoms with E-state index < -0.39 is 24.3 Å². The Morgan fingerprint density at radius 3 is 1.72 bits per heavy atom. The molecule has 17 heteroatoms. The first kappa shape index (κ1) is 36.1. The number of carboxylic acids is 2. The maximum Gasteiger partial charge on any atom is 0.490 e. The van der Waals surface area contributed by atoms with Crippen molar-refractivity contribution in [3.63, 3.8) is 0 Å². The van der Waals surface area contributed by atoms with E-state index in [-0.39, 0.29) is 5.54 Å². The zero-order chi connectivity index (χ0) is 34.3. The minimum absolute atomic E-state index is 0.0253. The molecular weight excluding hydrogens is 628 g/mol. The maximum atomic E-state index is 10.6. The van der Waals surface area contributed by atoms with Crippen LogP contribution in [0, 0.1) is 0 Å². The summed E-state index contributed by atoms with van der Waals surface area (Å²) in [6, 6.07) is 16.6. The lowest BCUT2D eigenvalue weighted by Crippen LogP contribution is -2.55. The number of halogens is 6. The fourth-order valence-corrected chi connectivity index (χ4v) is 5.21. The van der Waals surface area contributed by atoms with Gasteiger partial charge in [-0.2, -0.15) is 26.3 Å². The molecule has 252 valence electrons. The maximum absolute atomic E-state index is 10.6. The summed E-state index contributed by atoms with van der Waals surface area (Å²) in [6.07, 6.45) is -8.00. The summed E-state index contributed by atoms with van der Waals surface area (Å²) in [7, 11) is 5.59. The SMILES string of the molecule is COc1ccc(CN2CCC3(CC2)CN(C)Cc2nnc(-c4ccc(OC)cc4)n23)cc1.O=C(O)C(F)(F)F.O=C(O)C(F)(F)F. The van der Waals surface area contributed by atoms with Gasteiger partial charge in [-0.25, -0.2) is 9.59 Å². The lowest BCUT2D eigenvalue weighted by Gasteiger charge is -2.48. The highest BCUT2D eigenvalue weighted by Gasteiger charge is 2.43. The van der Waals surface area contributed by atoms with Gasteiger partial charge in [0.05, 0.1) is 26.3 Å². The van der Waals surface area contributed by atoms with Gasteiger partial charge in [0, 0.05) is 31.7 Å². The van der Waals surface area contributed by atoms with Gasteiger partial charge in [0.15, 0.2) is 5.82 Å². The Morgan fingerprint density at radius 1 is 0.826 bits per heavy atom. The number of methoxy groups -OCH3 is 2. The van der Waals surface area contributed by atoms with Crippen molar-refractivity contribution >= 4 is 11.9 Å². The molecule has 0 bridgehead atoms. The monoisotopic (exact) mass is 661 g/mol. The third kappa shape index (κ3) is 9.32. The number of hydrogen-bond donors (Lipinski definition) is 2. The first-order chi connectivity index (χ1) is 21.5. The van der Waals surface area contributed by atoms with E-state index in [4.69, 9.17) is 29.3 Å². The quantitative estimate of drug-likeness (QED) is 0.373. The number of hydrogen-bond acceptors (Lipinski definition) is 8. The molecule has 2 N–H and O–H groups in total. The molecule has 0 unspecified atom stereocenters. The van der Waals surface area contributed by atoms with Crippen LogP contribution in [0.2, 0.25) is 0 Å². The molecule has 0 atom stereocenters. The van der Waals surface area contributed by atoms with Crippen LogP contribution in [0.3, 0.4) is 0 Å². The average Bonchev–Trinajstić information content (AvgIpc) is 3.43. The van der Waals surface area contributed by atoms with Gasteiger partial charge >= 0.3 is 24.3 Å². The number of carbonyl (C=O) groups is 2. The molecule has 0 amide bonds. The summed E-state index contributed by atoms with van der Waals surface area (Å²) in [6.45, 7) is 4.94. The van der Waals surface area contributed by atoms with Crippen LogP contribution in [-0.4, -0.2) is 100.0 Å².